The first kappa shape index (κ1) is 14.5. The van der Waals surface area contributed by atoms with Gasteiger partial charge in [0.15, 0.2) is 0 Å². The summed E-state index contributed by atoms with van der Waals surface area (Å²) >= 11 is 0. The van der Waals surface area contributed by atoms with Gasteiger partial charge in [-0.05, 0) is 26.2 Å². The molecule has 2 atom stereocenters. The van der Waals surface area contributed by atoms with Crippen LogP contribution >= 0.6 is 0 Å². The number of carbonyl (C=O) groups excluding carboxylic acids is 2. The largest absolute Gasteiger partial charge is 0.303 e. The molecule has 2 fully saturated rings. The van der Waals surface area contributed by atoms with Gasteiger partial charge in [-0.15, -0.1) is 0 Å². The van der Waals surface area contributed by atoms with Gasteiger partial charge in [-0.3, -0.25) is 14.5 Å². The molecule has 1 saturated heterocycles. The van der Waals surface area contributed by atoms with E-state index in [4.69, 9.17) is 0 Å². The Labute approximate surface area is 115 Å². The molecule has 4 heteroatoms. The van der Waals surface area contributed by atoms with Gasteiger partial charge in [0.25, 0.3) is 0 Å². The summed E-state index contributed by atoms with van der Waals surface area (Å²) < 4.78 is 0. The van der Waals surface area contributed by atoms with Gasteiger partial charge in [-0.2, -0.15) is 0 Å². The molecular weight excluding hydrogens is 240 g/mol. The molecule has 1 N–H and O–H groups in total. The standard InChI is InChI=1S/C15H26N2O2/c1-3-4-7-11(2)16-13-10-14(18)17(15(13)19)12-8-5-6-9-12/h11-13,16H,3-10H2,1-2H3. The SMILES string of the molecule is CCCCC(C)NC1CC(=O)N(C2CCCC2)C1=O. The highest BCUT2D eigenvalue weighted by atomic mass is 16.2. The molecule has 1 aliphatic carbocycles. The van der Waals surface area contributed by atoms with E-state index in [1.807, 2.05) is 0 Å². The predicted octanol–water partition coefficient (Wildman–Crippen LogP) is 2.22. The third-order valence-corrected chi connectivity index (χ3v) is 4.35. The van der Waals surface area contributed by atoms with Crippen molar-refractivity contribution in [3.05, 3.63) is 0 Å². The van der Waals surface area contributed by atoms with E-state index in [1.54, 1.807) is 4.90 Å². The van der Waals surface area contributed by atoms with Gasteiger partial charge in [0.1, 0.15) is 0 Å². The molecule has 0 aromatic heterocycles. The molecule has 1 heterocycles. The lowest BCUT2D eigenvalue weighted by molar-refractivity contribution is -0.141. The highest BCUT2D eigenvalue weighted by molar-refractivity contribution is 6.05. The molecule has 1 saturated carbocycles. The number of nitrogens with one attached hydrogen (secondary N) is 1. The predicted molar refractivity (Wildman–Crippen MR) is 74.6 cm³/mol. The molecule has 19 heavy (non-hydrogen) atoms. The lowest BCUT2D eigenvalue weighted by Crippen LogP contribution is -2.45. The second-order valence-corrected chi connectivity index (χ2v) is 6.01. The highest BCUT2D eigenvalue weighted by Crippen LogP contribution is 2.28. The second-order valence-electron chi connectivity index (χ2n) is 6.01. The fourth-order valence-electron chi connectivity index (χ4n) is 3.26. The molecule has 2 unspecified atom stereocenters. The summed E-state index contributed by atoms with van der Waals surface area (Å²) in [4.78, 5) is 26.0. The van der Waals surface area contributed by atoms with E-state index in [-0.39, 0.29) is 23.9 Å². The molecular formula is C15H26N2O2. The number of hydrogen-bond donors (Lipinski definition) is 1. The summed E-state index contributed by atoms with van der Waals surface area (Å²) in [6.07, 6.45) is 8.03. The Kier molecular flexibility index (Phi) is 4.97. The maximum absolute atomic E-state index is 12.4. The number of unbranched alkanes of at least 4 members (excludes halogenated alkanes) is 1. The van der Waals surface area contributed by atoms with E-state index in [0.29, 0.717) is 12.5 Å². The molecule has 4 nitrogen and oxygen atoms in total. The smallest absolute Gasteiger partial charge is 0.247 e. The molecule has 0 aromatic carbocycles. The van der Waals surface area contributed by atoms with Gasteiger partial charge in [0, 0.05) is 12.1 Å². The van der Waals surface area contributed by atoms with Gasteiger partial charge in [-0.25, -0.2) is 0 Å². The van der Waals surface area contributed by atoms with Crippen molar-refractivity contribution in [2.45, 2.75) is 83.3 Å². The van der Waals surface area contributed by atoms with E-state index < -0.39 is 0 Å². The van der Waals surface area contributed by atoms with Crippen LogP contribution in [-0.4, -0.2) is 34.8 Å². The van der Waals surface area contributed by atoms with Crippen molar-refractivity contribution in [3.8, 4) is 0 Å². The maximum Gasteiger partial charge on any atom is 0.247 e. The summed E-state index contributed by atoms with van der Waals surface area (Å²) in [6, 6.07) is 0.211. The lowest BCUT2D eigenvalue weighted by atomic mass is 10.1. The van der Waals surface area contributed by atoms with Crippen LogP contribution in [0.4, 0.5) is 0 Å². The van der Waals surface area contributed by atoms with Crippen LogP contribution in [0, 0.1) is 0 Å². The van der Waals surface area contributed by atoms with Crippen molar-refractivity contribution in [1.82, 2.24) is 10.2 Å². The molecule has 2 amide bonds. The van der Waals surface area contributed by atoms with Crippen LogP contribution in [0.2, 0.25) is 0 Å². The Morgan fingerprint density at radius 2 is 2.00 bits per heavy atom. The van der Waals surface area contributed by atoms with Crippen LogP contribution < -0.4 is 5.32 Å². The van der Waals surface area contributed by atoms with Crippen LogP contribution in [0.1, 0.15) is 65.2 Å². The Bertz CT molecular complexity index is 337. The number of imide groups is 1. The Hall–Kier alpha value is -0.900. The van der Waals surface area contributed by atoms with Gasteiger partial charge in [0.05, 0.1) is 12.5 Å². The van der Waals surface area contributed by atoms with E-state index in [1.165, 1.54) is 0 Å². The van der Waals surface area contributed by atoms with Crippen molar-refractivity contribution in [2.75, 3.05) is 0 Å². The summed E-state index contributed by atoms with van der Waals surface area (Å²) in [6.45, 7) is 4.27. The fraction of sp³-hybridized carbons (Fsp3) is 0.867. The average Bonchev–Trinajstić information content (AvgIpc) is 2.96. The minimum atomic E-state index is -0.278. The van der Waals surface area contributed by atoms with Crippen LogP contribution in [-0.2, 0) is 9.59 Å². The summed E-state index contributed by atoms with van der Waals surface area (Å²) in [5, 5.41) is 3.34. The van der Waals surface area contributed by atoms with Crippen molar-refractivity contribution >= 4 is 11.8 Å². The fourth-order valence-corrected chi connectivity index (χ4v) is 3.26. The Morgan fingerprint density at radius 1 is 1.32 bits per heavy atom. The summed E-state index contributed by atoms with van der Waals surface area (Å²) in [5.74, 6) is 0.0392. The topological polar surface area (TPSA) is 49.4 Å². The van der Waals surface area contributed by atoms with Crippen molar-refractivity contribution in [2.24, 2.45) is 0 Å². The summed E-state index contributed by atoms with van der Waals surface area (Å²) in [5.41, 5.74) is 0. The lowest BCUT2D eigenvalue weighted by Gasteiger charge is -2.23. The number of amides is 2. The average molecular weight is 266 g/mol. The zero-order valence-electron chi connectivity index (χ0n) is 12.2. The van der Waals surface area contributed by atoms with E-state index in [2.05, 4.69) is 19.2 Å². The maximum atomic E-state index is 12.4. The highest BCUT2D eigenvalue weighted by Gasteiger charge is 2.43. The Balaban J connectivity index is 1.90. The first-order valence-electron chi connectivity index (χ1n) is 7.75. The van der Waals surface area contributed by atoms with Crippen LogP contribution in [0.15, 0.2) is 0 Å². The number of nitrogens with zero attached hydrogens (tertiary/aromatic N) is 1. The van der Waals surface area contributed by atoms with Crippen molar-refractivity contribution in [3.63, 3.8) is 0 Å². The van der Waals surface area contributed by atoms with Gasteiger partial charge in [-0.1, -0.05) is 32.6 Å². The molecule has 0 bridgehead atoms. The van der Waals surface area contributed by atoms with E-state index in [0.717, 1.165) is 44.9 Å². The van der Waals surface area contributed by atoms with Crippen LogP contribution in [0.3, 0.4) is 0 Å². The molecule has 1 aliphatic heterocycles. The van der Waals surface area contributed by atoms with Crippen LogP contribution in [0.25, 0.3) is 0 Å². The molecule has 108 valence electrons. The monoisotopic (exact) mass is 266 g/mol. The quantitative estimate of drug-likeness (QED) is 0.750. The third-order valence-electron chi connectivity index (χ3n) is 4.35. The number of rotatable bonds is 6. The van der Waals surface area contributed by atoms with Gasteiger partial charge in [0.2, 0.25) is 11.8 Å². The van der Waals surface area contributed by atoms with E-state index >= 15 is 0 Å². The van der Waals surface area contributed by atoms with Crippen molar-refractivity contribution in [1.29, 1.82) is 0 Å². The first-order valence-corrected chi connectivity index (χ1v) is 7.75. The van der Waals surface area contributed by atoms with Crippen molar-refractivity contribution < 1.29 is 9.59 Å². The summed E-state index contributed by atoms with van der Waals surface area (Å²) in [7, 11) is 0. The van der Waals surface area contributed by atoms with E-state index in [9.17, 15) is 9.59 Å². The zero-order chi connectivity index (χ0) is 13.8. The number of likely N-dealkylation sites (tertiary alicyclic amines) is 1. The minimum Gasteiger partial charge on any atom is -0.303 e. The molecule has 0 aromatic rings. The number of hydrogen-bond acceptors (Lipinski definition) is 3. The molecule has 2 rings (SSSR count). The third kappa shape index (κ3) is 3.35. The molecule has 2 aliphatic rings. The minimum absolute atomic E-state index is 0.0141. The molecule has 0 spiro atoms. The molecule has 0 radical (unpaired) electrons. The first-order chi connectivity index (χ1) is 9.13. The van der Waals surface area contributed by atoms with Crippen LogP contribution in [0.5, 0.6) is 0 Å². The normalized spacial score (nSPS) is 26.4. The van der Waals surface area contributed by atoms with Gasteiger partial charge < -0.3 is 5.32 Å². The number of carbonyl (C=O) groups is 2. The zero-order valence-corrected chi connectivity index (χ0v) is 12.2. The Morgan fingerprint density at radius 3 is 2.63 bits per heavy atom. The second kappa shape index (κ2) is 6.51. The van der Waals surface area contributed by atoms with Gasteiger partial charge >= 0.3 is 0 Å².